The molecule has 2 aromatic carbocycles. The molecular formula is C17H17IN2. The topological polar surface area (TPSA) is 17.0 Å². The minimum atomic E-state index is 0.844. The first kappa shape index (κ1) is 13.5. The van der Waals surface area contributed by atoms with Crippen molar-refractivity contribution in [3.05, 3.63) is 63.4 Å². The van der Waals surface area contributed by atoms with Crippen molar-refractivity contribution in [1.29, 1.82) is 0 Å². The van der Waals surface area contributed by atoms with Gasteiger partial charge in [-0.15, -0.1) is 0 Å². The average molecular weight is 376 g/mol. The summed E-state index contributed by atoms with van der Waals surface area (Å²) in [6.07, 6.45) is 0. The van der Waals surface area contributed by atoms with Crippen LogP contribution < -0.4 is 5.32 Å². The fraction of sp³-hybridized carbons (Fsp3) is 0.176. The van der Waals surface area contributed by atoms with Crippen molar-refractivity contribution in [1.82, 2.24) is 4.57 Å². The number of nitrogens with one attached hydrogen (secondary N) is 1. The van der Waals surface area contributed by atoms with Gasteiger partial charge in [0.1, 0.15) is 0 Å². The Balaban J connectivity index is 1.94. The summed E-state index contributed by atoms with van der Waals surface area (Å²) in [4.78, 5) is 0. The summed E-state index contributed by atoms with van der Waals surface area (Å²) in [5.41, 5.74) is 5.19. The maximum atomic E-state index is 3.54. The molecule has 0 saturated carbocycles. The van der Waals surface area contributed by atoms with E-state index in [0.29, 0.717) is 0 Å². The normalized spacial score (nSPS) is 10.9. The maximum absolute atomic E-state index is 3.54. The van der Waals surface area contributed by atoms with E-state index in [1.807, 2.05) is 0 Å². The number of halogens is 1. The van der Waals surface area contributed by atoms with Crippen LogP contribution >= 0.6 is 22.6 Å². The highest BCUT2D eigenvalue weighted by Crippen LogP contribution is 2.25. The van der Waals surface area contributed by atoms with E-state index in [2.05, 4.69) is 95.0 Å². The van der Waals surface area contributed by atoms with E-state index in [1.54, 1.807) is 0 Å². The van der Waals surface area contributed by atoms with Crippen molar-refractivity contribution in [3.63, 3.8) is 0 Å². The highest BCUT2D eigenvalue weighted by molar-refractivity contribution is 14.1. The zero-order chi connectivity index (χ0) is 14.1. The molecule has 1 aromatic heterocycles. The van der Waals surface area contributed by atoms with Gasteiger partial charge in [0.05, 0.1) is 6.54 Å². The van der Waals surface area contributed by atoms with E-state index in [1.165, 1.54) is 31.4 Å². The lowest BCUT2D eigenvalue weighted by Gasteiger charge is -2.10. The molecule has 0 spiro atoms. The zero-order valence-corrected chi connectivity index (χ0v) is 13.8. The van der Waals surface area contributed by atoms with Gasteiger partial charge in [0.25, 0.3) is 0 Å². The molecule has 0 bridgehead atoms. The third-order valence-corrected chi connectivity index (χ3v) is 4.77. The summed E-state index contributed by atoms with van der Waals surface area (Å²) in [5, 5.41) is 4.89. The lowest BCUT2D eigenvalue weighted by atomic mass is 10.1. The van der Waals surface area contributed by atoms with Crippen molar-refractivity contribution in [2.75, 3.05) is 5.32 Å². The molecule has 1 N–H and O–H groups in total. The van der Waals surface area contributed by atoms with Gasteiger partial charge in [-0.2, -0.15) is 0 Å². The van der Waals surface area contributed by atoms with Crippen LogP contribution in [0.1, 0.15) is 11.3 Å². The average Bonchev–Trinajstić information content (AvgIpc) is 2.71. The van der Waals surface area contributed by atoms with E-state index >= 15 is 0 Å². The largest absolute Gasteiger partial charge is 0.379 e. The lowest BCUT2D eigenvalue weighted by Crippen LogP contribution is -2.06. The van der Waals surface area contributed by atoms with E-state index in [4.69, 9.17) is 0 Å². The van der Waals surface area contributed by atoms with Crippen molar-refractivity contribution >= 4 is 39.2 Å². The molecule has 0 radical (unpaired) electrons. The van der Waals surface area contributed by atoms with Crippen molar-refractivity contribution in [2.24, 2.45) is 7.05 Å². The molecule has 3 rings (SSSR count). The van der Waals surface area contributed by atoms with Crippen molar-refractivity contribution < 1.29 is 0 Å². The Bertz CT molecular complexity index is 720. The SMILES string of the molecule is Cc1c(CNc2ccccc2I)n(C)c2ccccc12. The molecule has 2 nitrogen and oxygen atoms in total. The molecule has 0 aliphatic carbocycles. The number of nitrogens with zero attached hydrogens (tertiary/aromatic N) is 1. The van der Waals surface area contributed by atoms with Gasteiger partial charge >= 0.3 is 0 Å². The number of fused-ring (bicyclic) bond motifs is 1. The number of para-hydroxylation sites is 2. The molecule has 3 aromatic rings. The van der Waals surface area contributed by atoms with Gasteiger partial charge in [-0.05, 0) is 53.3 Å². The molecule has 1 heterocycles. The fourth-order valence-corrected chi connectivity index (χ4v) is 3.25. The quantitative estimate of drug-likeness (QED) is 0.656. The maximum Gasteiger partial charge on any atom is 0.0556 e. The van der Waals surface area contributed by atoms with Gasteiger partial charge in [-0.3, -0.25) is 0 Å². The second-order valence-corrected chi connectivity index (χ2v) is 6.14. The first-order valence-corrected chi connectivity index (χ1v) is 7.77. The smallest absolute Gasteiger partial charge is 0.0556 e. The molecule has 102 valence electrons. The molecule has 20 heavy (non-hydrogen) atoms. The minimum absolute atomic E-state index is 0.844. The Kier molecular flexibility index (Phi) is 3.70. The Hall–Kier alpha value is -1.49. The van der Waals surface area contributed by atoms with E-state index in [-0.39, 0.29) is 0 Å². The summed E-state index contributed by atoms with van der Waals surface area (Å²) in [6, 6.07) is 17.0. The summed E-state index contributed by atoms with van der Waals surface area (Å²) in [5.74, 6) is 0. The van der Waals surface area contributed by atoms with Gasteiger partial charge in [0.2, 0.25) is 0 Å². The Morgan fingerprint density at radius 2 is 1.75 bits per heavy atom. The number of hydrogen-bond donors (Lipinski definition) is 1. The van der Waals surface area contributed by atoms with Crippen LogP contribution in [0.5, 0.6) is 0 Å². The third kappa shape index (κ3) is 2.30. The van der Waals surface area contributed by atoms with Crippen LogP contribution in [0.15, 0.2) is 48.5 Å². The first-order valence-electron chi connectivity index (χ1n) is 6.70. The monoisotopic (exact) mass is 376 g/mol. The first-order chi connectivity index (χ1) is 9.68. The second-order valence-electron chi connectivity index (χ2n) is 4.98. The van der Waals surface area contributed by atoms with Gasteiger partial charge in [0, 0.05) is 32.9 Å². The summed E-state index contributed by atoms with van der Waals surface area (Å²) in [6.45, 7) is 3.05. The standard InChI is InChI=1S/C17H17IN2/c1-12-13-7-3-6-10-16(13)20(2)17(12)11-19-15-9-5-4-8-14(15)18/h3-10,19H,11H2,1-2H3. The van der Waals surface area contributed by atoms with E-state index in [0.717, 1.165) is 6.54 Å². The second kappa shape index (κ2) is 5.48. The van der Waals surface area contributed by atoms with Crippen LogP contribution in [0.4, 0.5) is 5.69 Å². The number of benzene rings is 2. The summed E-state index contributed by atoms with van der Waals surface area (Å²) >= 11 is 2.37. The number of anilines is 1. The number of aryl methyl sites for hydroxylation is 2. The van der Waals surface area contributed by atoms with Crippen molar-refractivity contribution in [3.8, 4) is 0 Å². The van der Waals surface area contributed by atoms with Crippen molar-refractivity contribution in [2.45, 2.75) is 13.5 Å². The molecule has 0 amide bonds. The van der Waals surface area contributed by atoms with Crippen LogP contribution in [0.25, 0.3) is 10.9 Å². The number of aromatic nitrogens is 1. The zero-order valence-electron chi connectivity index (χ0n) is 11.7. The van der Waals surface area contributed by atoms with Crippen LogP contribution in [0.2, 0.25) is 0 Å². The highest BCUT2D eigenvalue weighted by Gasteiger charge is 2.11. The van der Waals surface area contributed by atoms with Crippen LogP contribution in [-0.2, 0) is 13.6 Å². The molecule has 3 heteroatoms. The lowest BCUT2D eigenvalue weighted by molar-refractivity contribution is 0.862. The predicted molar refractivity (Wildman–Crippen MR) is 94.1 cm³/mol. The Morgan fingerprint density at radius 1 is 1.05 bits per heavy atom. The number of rotatable bonds is 3. The molecule has 0 aliphatic heterocycles. The highest BCUT2D eigenvalue weighted by atomic mass is 127. The minimum Gasteiger partial charge on any atom is -0.379 e. The molecule has 0 saturated heterocycles. The number of hydrogen-bond acceptors (Lipinski definition) is 1. The van der Waals surface area contributed by atoms with Gasteiger partial charge in [0.15, 0.2) is 0 Å². The van der Waals surface area contributed by atoms with E-state index in [9.17, 15) is 0 Å². The Labute approximate surface area is 132 Å². The molecule has 0 atom stereocenters. The van der Waals surface area contributed by atoms with Crippen LogP contribution in [-0.4, -0.2) is 4.57 Å². The molecule has 0 unspecified atom stereocenters. The van der Waals surface area contributed by atoms with Gasteiger partial charge < -0.3 is 9.88 Å². The Morgan fingerprint density at radius 3 is 2.50 bits per heavy atom. The molecular weight excluding hydrogens is 359 g/mol. The predicted octanol–water partition coefficient (Wildman–Crippen LogP) is 4.70. The summed E-state index contributed by atoms with van der Waals surface area (Å²) in [7, 11) is 2.14. The van der Waals surface area contributed by atoms with Gasteiger partial charge in [-0.1, -0.05) is 30.3 Å². The molecule has 0 fully saturated rings. The van der Waals surface area contributed by atoms with Crippen LogP contribution in [0, 0.1) is 10.5 Å². The van der Waals surface area contributed by atoms with Crippen LogP contribution in [0.3, 0.4) is 0 Å². The van der Waals surface area contributed by atoms with Gasteiger partial charge in [-0.25, -0.2) is 0 Å². The van der Waals surface area contributed by atoms with E-state index < -0.39 is 0 Å². The third-order valence-electron chi connectivity index (χ3n) is 3.83. The molecule has 0 aliphatic rings. The summed E-state index contributed by atoms with van der Waals surface area (Å²) < 4.78 is 3.54. The fourth-order valence-electron chi connectivity index (χ4n) is 2.67.